The van der Waals surface area contributed by atoms with Crippen molar-refractivity contribution in [3.63, 3.8) is 0 Å². The summed E-state index contributed by atoms with van der Waals surface area (Å²) < 4.78 is 15.3. The standard InChI is InChI=1S/C20H18N2O6/c1-26-20(25)14-4-2-3-5-15(14)22-10-12(8-18(22)23)19(24)21-13-6-7-16-17(9-13)28-11-27-16/h2-7,9,12H,8,10-11H2,1H3,(H,21,24). The van der Waals surface area contributed by atoms with Gasteiger partial charge in [0.05, 0.1) is 24.3 Å². The Morgan fingerprint density at radius 2 is 1.93 bits per heavy atom. The van der Waals surface area contributed by atoms with Crippen molar-refractivity contribution in [3.05, 3.63) is 48.0 Å². The molecule has 8 nitrogen and oxygen atoms in total. The van der Waals surface area contributed by atoms with Gasteiger partial charge < -0.3 is 24.4 Å². The number of fused-ring (bicyclic) bond motifs is 1. The van der Waals surface area contributed by atoms with Gasteiger partial charge in [-0.1, -0.05) is 12.1 Å². The van der Waals surface area contributed by atoms with Crippen molar-refractivity contribution in [2.24, 2.45) is 5.92 Å². The fraction of sp³-hybridized carbons (Fsp3) is 0.250. The average Bonchev–Trinajstić information content (AvgIpc) is 3.33. The van der Waals surface area contributed by atoms with E-state index in [1.54, 1.807) is 42.5 Å². The van der Waals surface area contributed by atoms with Gasteiger partial charge in [-0.25, -0.2) is 4.79 Å². The SMILES string of the molecule is COC(=O)c1ccccc1N1CC(C(=O)Nc2ccc3c(c2)OCO3)CC1=O. The van der Waals surface area contributed by atoms with Crippen LogP contribution in [-0.4, -0.2) is 38.2 Å². The number of carbonyl (C=O) groups is 3. The Morgan fingerprint density at radius 3 is 2.75 bits per heavy atom. The molecule has 0 aliphatic carbocycles. The second-order valence-corrected chi connectivity index (χ2v) is 6.47. The Labute approximate surface area is 161 Å². The molecule has 0 bridgehead atoms. The van der Waals surface area contributed by atoms with E-state index in [1.807, 2.05) is 0 Å². The first-order valence-electron chi connectivity index (χ1n) is 8.75. The molecule has 2 amide bonds. The molecule has 8 heteroatoms. The van der Waals surface area contributed by atoms with Crippen LogP contribution < -0.4 is 19.7 Å². The highest BCUT2D eigenvalue weighted by Crippen LogP contribution is 2.35. The quantitative estimate of drug-likeness (QED) is 0.815. The Hall–Kier alpha value is -3.55. The number of anilines is 2. The maximum Gasteiger partial charge on any atom is 0.339 e. The zero-order valence-corrected chi connectivity index (χ0v) is 15.1. The van der Waals surface area contributed by atoms with E-state index >= 15 is 0 Å². The van der Waals surface area contributed by atoms with Gasteiger partial charge in [-0.2, -0.15) is 0 Å². The molecule has 1 N–H and O–H groups in total. The van der Waals surface area contributed by atoms with Gasteiger partial charge in [0.1, 0.15) is 0 Å². The van der Waals surface area contributed by atoms with E-state index in [1.165, 1.54) is 12.0 Å². The summed E-state index contributed by atoms with van der Waals surface area (Å²) in [7, 11) is 1.28. The highest BCUT2D eigenvalue weighted by molar-refractivity contribution is 6.07. The lowest BCUT2D eigenvalue weighted by molar-refractivity contribution is -0.122. The molecule has 0 aromatic heterocycles. The van der Waals surface area contributed by atoms with Gasteiger partial charge in [0.2, 0.25) is 18.6 Å². The first-order valence-corrected chi connectivity index (χ1v) is 8.75. The summed E-state index contributed by atoms with van der Waals surface area (Å²) in [5.74, 6) is -0.374. The number of esters is 1. The van der Waals surface area contributed by atoms with Gasteiger partial charge in [0.25, 0.3) is 0 Å². The van der Waals surface area contributed by atoms with Gasteiger partial charge in [0, 0.05) is 24.7 Å². The van der Waals surface area contributed by atoms with Crippen LogP contribution in [0.2, 0.25) is 0 Å². The van der Waals surface area contributed by atoms with E-state index in [0.29, 0.717) is 22.9 Å². The molecule has 2 aliphatic rings. The highest BCUT2D eigenvalue weighted by Gasteiger charge is 2.36. The molecule has 28 heavy (non-hydrogen) atoms. The number of nitrogens with zero attached hydrogens (tertiary/aromatic N) is 1. The van der Waals surface area contributed by atoms with E-state index in [-0.39, 0.29) is 37.1 Å². The number of hydrogen-bond acceptors (Lipinski definition) is 6. The normalized spacial score (nSPS) is 17.5. The fourth-order valence-electron chi connectivity index (χ4n) is 3.33. The summed E-state index contributed by atoms with van der Waals surface area (Å²) in [6.07, 6.45) is 0.0614. The van der Waals surface area contributed by atoms with E-state index in [2.05, 4.69) is 5.32 Å². The zero-order valence-electron chi connectivity index (χ0n) is 15.1. The molecule has 1 unspecified atom stereocenters. The molecule has 0 spiro atoms. The second-order valence-electron chi connectivity index (χ2n) is 6.47. The van der Waals surface area contributed by atoms with E-state index in [0.717, 1.165) is 0 Å². The van der Waals surface area contributed by atoms with Crippen LogP contribution in [0.25, 0.3) is 0 Å². The van der Waals surface area contributed by atoms with Crippen LogP contribution in [0, 0.1) is 5.92 Å². The average molecular weight is 382 g/mol. The van der Waals surface area contributed by atoms with Crippen molar-refractivity contribution >= 4 is 29.2 Å². The van der Waals surface area contributed by atoms with Crippen molar-refractivity contribution in [2.75, 3.05) is 30.7 Å². The number of amides is 2. The van der Waals surface area contributed by atoms with E-state index < -0.39 is 11.9 Å². The monoisotopic (exact) mass is 382 g/mol. The van der Waals surface area contributed by atoms with Gasteiger partial charge >= 0.3 is 5.97 Å². The van der Waals surface area contributed by atoms with Crippen LogP contribution >= 0.6 is 0 Å². The lowest BCUT2D eigenvalue weighted by Gasteiger charge is -2.19. The maximum atomic E-state index is 12.7. The lowest BCUT2D eigenvalue weighted by atomic mass is 10.1. The minimum atomic E-state index is -0.538. The molecule has 1 fully saturated rings. The fourth-order valence-corrected chi connectivity index (χ4v) is 3.33. The number of carbonyl (C=O) groups excluding carboxylic acids is 3. The van der Waals surface area contributed by atoms with Crippen molar-refractivity contribution in [1.82, 2.24) is 0 Å². The summed E-state index contributed by atoms with van der Waals surface area (Å²) in [5.41, 5.74) is 1.29. The van der Waals surface area contributed by atoms with E-state index in [4.69, 9.17) is 14.2 Å². The summed E-state index contributed by atoms with van der Waals surface area (Å²) in [6, 6.07) is 11.8. The number of rotatable bonds is 4. The summed E-state index contributed by atoms with van der Waals surface area (Å²) in [5, 5.41) is 2.81. The number of methoxy groups -OCH3 is 1. The number of ether oxygens (including phenoxy) is 3. The van der Waals surface area contributed by atoms with Crippen LogP contribution in [0.3, 0.4) is 0 Å². The Morgan fingerprint density at radius 1 is 1.14 bits per heavy atom. The van der Waals surface area contributed by atoms with Gasteiger partial charge in [-0.15, -0.1) is 0 Å². The first kappa shape index (κ1) is 17.8. The summed E-state index contributed by atoms with van der Waals surface area (Å²) in [6.45, 7) is 0.335. The largest absolute Gasteiger partial charge is 0.465 e. The van der Waals surface area contributed by atoms with Crippen LogP contribution in [0.5, 0.6) is 11.5 Å². The minimum Gasteiger partial charge on any atom is -0.465 e. The molecule has 2 aromatic rings. The smallest absolute Gasteiger partial charge is 0.339 e. The molecule has 144 valence electrons. The van der Waals surface area contributed by atoms with Gasteiger partial charge in [-0.3, -0.25) is 9.59 Å². The van der Waals surface area contributed by atoms with Gasteiger partial charge in [0.15, 0.2) is 11.5 Å². The Balaban J connectivity index is 1.49. The van der Waals surface area contributed by atoms with Crippen LogP contribution in [0.15, 0.2) is 42.5 Å². The maximum absolute atomic E-state index is 12.7. The number of nitrogens with one attached hydrogen (secondary N) is 1. The van der Waals surface area contributed by atoms with Crippen LogP contribution in [0.1, 0.15) is 16.8 Å². The number of hydrogen-bond donors (Lipinski definition) is 1. The second kappa shape index (κ2) is 7.22. The molecular formula is C20H18N2O6. The molecule has 2 aliphatic heterocycles. The Kier molecular flexibility index (Phi) is 4.60. The third-order valence-electron chi connectivity index (χ3n) is 4.74. The number of benzene rings is 2. The first-order chi connectivity index (χ1) is 13.6. The predicted octanol–water partition coefficient (Wildman–Crippen LogP) is 2.19. The molecule has 4 rings (SSSR count). The lowest BCUT2D eigenvalue weighted by Crippen LogP contribution is -2.29. The van der Waals surface area contributed by atoms with Crippen LogP contribution in [-0.2, 0) is 14.3 Å². The molecule has 0 saturated carbocycles. The minimum absolute atomic E-state index is 0.0614. The third-order valence-corrected chi connectivity index (χ3v) is 4.74. The molecule has 1 saturated heterocycles. The molecule has 2 heterocycles. The zero-order chi connectivity index (χ0) is 19.7. The highest BCUT2D eigenvalue weighted by atomic mass is 16.7. The predicted molar refractivity (Wildman–Crippen MR) is 99.4 cm³/mol. The molecule has 2 aromatic carbocycles. The third kappa shape index (κ3) is 3.24. The molecular weight excluding hydrogens is 364 g/mol. The topological polar surface area (TPSA) is 94.2 Å². The van der Waals surface area contributed by atoms with Crippen molar-refractivity contribution in [3.8, 4) is 11.5 Å². The molecule has 1 atom stereocenters. The van der Waals surface area contributed by atoms with Crippen LogP contribution in [0.4, 0.5) is 11.4 Å². The van der Waals surface area contributed by atoms with Gasteiger partial charge in [-0.05, 0) is 24.3 Å². The van der Waals surface area contributed by atoms with Crippen molar-refractivity contribution < 1.29 is 28.6 Å². The summed E-state index contributed by atoms with van der Waals surface area (Å²) >= 11 is 0. The van der Waals surface area contributed by atoms with Crippen molar-refractivity contribution in [2.45, 2.75) is 6.42 Å². The Bertz CT molecular complexity index is 957. The van der Waals surface area contributed by atoms with E-state index in [9.17, 15) is 14.4 Å². The summed E-state index contributed by atoms with van der Waals surface area (Å²) in [4.78, 5) is 38.6. The number of para-hydroxylation sites is 1. The molecule has 0 radical (unpaired) electrons. The van der Waals surface area contributed by atoms with Crippen molar-refractivity contribution in [1.29, 1.82) is 0 Å².